The van der Waals surface area contributed by atoms with Gasteiger partial charge < -0.3 is 48.1 Å². The van der Waals surface area contributed by atoms with Crippen LogP contribution in [-0.4, -0.2) is 64.1 Å². The van der Waals surface area contributed by atoms with E-state index in [1.165, 1.54) is 12.1 Å². The fourth-order valence-corrected chi connectivity index (χ4v) is 11.7. The van der Waals surface area contributed by atoms with E-state index < -0.39 is 11.6 Å². The van der Waals surface area contributed by atoms with Crippen LogP contribution in [0.4, 0.5) is 22.7 Å². The van der Waals surface area contributed by atoms with Crippen LogP contribution in [-0.2, 0) is 26.2 Å². The van der Waals surface area contributed by atoms with Crippen LogP contribution < -0.4 is 24.7 Å². The van der Waals surface area contributed by atoms with Crippen LogP contribution >= 0.6 is 23.2 Å². The summed E-state index contributed by atoms with van der Waals surface area (Å²) in [6, 6.07) is 56.3. The lowest BCUT2D eigenvalue weighted by molar-refractivity contribution is 0.0240. The van der Waals surface area contributed by atoms with E-state index in [0.29, 0.717) is 56.2 Å². The van der Waals surface area contributed by atoms with Gasteiger partial charge in [0.1, 0.15) is 28.6 Å². The number of halogens is 2. The predicted octanol–water partition coefficient (Wildman–Crippen LogP) is 15.1. The third-order valence-corrected chi connectivity index (χ3v) is 15.8. The monoisotopic (exact) mass is 1130 g/mol. The van der Waals surface area contributed by atoms with Gasteiger partial charge in [-0.25, -0.2) is 9.59 Å². The summed E-state index contributed by atoms with van der Waals surface area (Å²) >= 11 is 12.9. The second-order valence-electron chi connectivity index (χ2n) is 19.9. The van der Waals surface area contributed by atoms with Crippen LogP contribution in [0, 0.1) is 0 Å². The van der Waals surface area contributed by atoms with Gasteiger partial charge in [0.2, 0.25) is 5.43 Å². The number of esters is 1. The van der Waals surface area contributed by atoms with E-state index in [4.69, 9.17) is 51.3 Å². The van der Waals surface area contributed by atoms with Crippen LogP contribution in [0.2, 0.25) is 10.0 Å². The van der Waals surface area contributed by atoms with Crippen molar-refractivity contribution < 1.29 is 47.9 Å². The normalized spacial score (nSPS) is 14.0. The smallest absolute Gasteiger partial charge is 0.340 e. The number of hydrogen-bond acceptors (Lipinski definition) is 12. The quantitative estimate of drug-likeness (QED) is 0.0516. The van der Waals surface area contributed by atoms with Crippen molar-refractivity contribution >= 4 is 90.4 Å². The molecule has 4 aliphatic rings. The largest absolute Gasteiger partial charge is 0.508 e. The zero-order valence-electron chi connectivity index (χ0n) is 44.7. The summed E-state index contributed by atoms with van der Waals surface area (Å²) in [5, 5.41) is 24.6. The molecule has 2 aliphatic carbocycles. The van der Waals surface area contributed by atoms with Crippen LogP contribution in [0.25, 0.3) is 55.0 Å². The average molecular weight is 1130 g/mol. The van der Waals surface area contributed by atoms with Crippen molar-refractivity contribution in [2.24, 2.45) is 0 Å². The number of methoxy groups -OCH3 is 2. The molecule has 82 heavy (non-hydrogen) atoms. The molecule has 0 fully saturated rings. The Balaban J connectivity index is 0.000000164. The lowest BCUT2D eigenvalue weighted by Gasteiger charge is -2.38. The molecule has 0 bridgehead atoms. The Kier molecular flexibility index (Phi) is 14.0. The van der Waals surface area contributed by atoms with Crippen LogP contribution in [0.1, 0.15) is 48.5 Å². The summed E-state index contributed by atoms with van der Waals surface area (Å²) in [6.07, 6.45) is 0.613. The first kappa shape index (κ1) is 53.3. The number of aromatic carboxylic acids is 1. The van der Waals surface area contributed by atoms with Crippen molar-refractivity contribution in [3.8, 4) is 39.7 Å². The summed E-state index contributed by atoms with van der Waals surface area (Å²) in [5.41, 5.74) is 9.94. The van der Waals surface area contributed by atoms with Gasteiger partial charge in [0.05, 0.1) is 21.2 Å². The predicted molar refractivity (Wildman–Crippen MR) is 320 cm³/mol. The first-order valence-electron chi connectivity index (χ1n) is 26.0. The molecule has 0 saturated heterocycles. The maximum absolute atomic E-state index is 13.3. The standard InChI is InChI=1S/C36H30ClNO6.C31H20ClNO5/c1-38(24-9-12-26(13-10-24)42-20-40-2)25-11-14-27-22(16-25)8-15-31-29(27)17-23-18-34(43-21-41-3)33(37)19-32(23)36(31)30-7-5-4-6-28(30)35(39)44-36;1-33(18-7-10-20(34)11-8-18)19-9-13-21-17(14-19)6-12-24-29(22-4-2-3-5-23(22)31(36)37)25-15-26(32)27(35)16-28(25)38-30(21)24/h4-16,18-19H,17,20-21H2,1-3H3;2-16,34H,1H3,(H,36,37). The summed E-state index contributed by atoms with van der Waals surface area (Å²) in [4.78, 5) is 42.0. The molecule has 1 unspecified atom stereocenters. The molecule has 9 aromatic rings. The van der Waals surface area contributed by atoms with Crippen LogP contribution in [0.5, 0.6) is 17.2 Å². The van der Waals surface area contributed by atoms with Gasteiger partial charge in [0.15, 0.2) is 19.2 Å². The number of carbonyl (C=O) groups is 2. The highest BCUT2D eigenvalue weighted by molar-refractivity contribution is 6.32. The third-order valence-electron chi connectivity index (χ3n) is 15.2. The van der Waals surface area contributed by atoms with Crippen LogP contribution in [0.15, 0.2) is 191 Å². The minimum atomic E-state index is -1.13. The van der Waals surface area contributed by atoms with Gasteiger partial charge in [-0.3, -0.25) is 4.79 Å². The molecule has 15 heteroatoms. The highest BCUT2D eigenvalue weighted by Gasteiger charge is 2.52. The zero-order chi connectivity index (χ0) is 57.0. The second kappa shape index (κ2) is 21.6. The molecule has 0 radical (unpaired) electrons. The van der Waals surface area contributed by atoms with Gasteiger partial charge in [0, 0.05) is 95.7 Å². The topological polar surface area (TPSA) is 157 Å². The first-order chi connectivity index (χ1) is 39.8. The Morgan fingerprint density at radius 1 is 0.598 bits per heavy atom. The fourth-order valence-electron chi connectivity index (χ4n) is 11.3. The highest BCUT2D eigenvalue weighted by atomic mass is 35.5. The number of nitrogens with zero attached hydrogens (tertiary/aromatic N) is 2. The number of anilines is 4. The third kappa shape index (κ3) is 9.33. The van der Waals surface area contributed by atoms with Gasteiger partial charge in [-0.2, -0.15) is 0 Å². The Labute approximate surface area is 480 Å². The van der Waals surface area contributed by atoms with E-state index in [2.05, 4.69) is 35.2 Å². The summed E-state index contributed by atoms with van der Waals surface area (Å²) < 4.78 is 34.2. The SMILES string of the molecule is CN(c1ccc(O)cc1)c1ccc2c(ccc3c(-c4ccccc4C(=O)O)c4cc(Cl)c(=O)cc-4oc32)c1.COCOc1ccc(N(C)c2ccc3c4c(ccc3c2)C2(OC(=O)c3ccccc32)c2cc(Cl)c(OCOC)cc2C4)cc1. The van der Waals surface area contributed by atoms with Crippen molar-refractivity contribution in [2.45, 2.75) is 12.0 Å². The van der Waals surface area contributed by atoms with Crippen molar-refractivity contribution in [3.63, 3.8) is 0 Å². The van der Waals surface area contributed by atoms with E-state index in [-0.39, 0.29) is 41.3 Å². The minimum Gasteiger partial charge on any atom is -0.508 e. The fraction of sp³-hybridized carbons (Fsp3) is 0.119. The number of hydrogen-bond donors (Lipinski definition) is 2. The molecule has 2 heterocycles. The summed E-state index contributed by atoms with van der Waals surface area (Å²) in [6.45, 7) is 0.273. The van der Waals surface area contributed by atoms with E-state index in [0.717, 1.165) is 77.9 Å². The number of carboxylic acids is 1. The molecule has 0 saturated carbocycles. The molecule has 9 aromatic carbocycles. The molecule has 13 nitrogen and oxygen atoms in total. The number of carboxylic acid groups (broad SMARTS) is 1. The zero-order valence-corrected chi connectivity index (χ0v) is 46.2. The Morgan fingerprint density at radius 3 is 1.91 bits per heavy atom. The molecular weight excluding hydrogens is 1080 g/mol. The van der Waals surface area contributed by atoms with E-state index in [1.807, 2.05) is 122 Å². The van der Waals surface area contributed by atoms with Crippen LogP contribution in [0.3, 0.4) is 0 Å². The number of fused-ring (bicyclic) bond motifs is 12. The number of benzene rings is 10. The number of phenolic OH excluding ortho intramolecular Hbond substituents is 1. The summed E-state index contributed by atoms with van der Waals surface area (Å²) in [7, 11) is 7.14. The number of aromatic hydroxyl groups is 1. The Hall–Kier alpha value is -9.37. The average Bonchev–Trinajstić information content (AvgIpc) is 3.30. The lowest BCUT2D eigenvalue weighted by atomic mass is 9.70. The van der Waals surface area contributed by atoms with E-state index >= 15 is 0 Å². The number of carbonyl (C=O) groups excluding carboxylic acids is 1. The van der Waals surface area contributed by atoms with Gasteiger partial charge in [-0.05, 0) is 155 Å². The molecule has 0 aromatic heterocycles. The summed E-state index contributed by atoms with van der Waals surface area (Å²) in [5.74, 6) is 0.368. The van der Waals surface area contributed by atoms with Crippen molar-refractivity contribution in [2.75, 3.05) is 51.7 Å². The minimum absolute atomic E-state index is 0.0313. The maximum Gasteiger partial charge on any atom is 0.340 e. The number of phenols is 1. The Morgan fingerprint density at radius 2 is 1.21 bits per heavy atom. The lowest BCUT2D eigenvalue weighted by Crippen LogP contribution is -2.35. The molecule has 0 amide bonds. The molecular formula is C67H50Cl2N2O11. The van der Waals surface area contributed by atoms with Crippen molar-refractivity contribution in [1.29, 1.82) is 0 Å². The van der Waals surface area contributed by atoms with Gasteiger partial charge in [-0.15, -0.1) is 0 Å². The van der Waals surface area contributed by atoms with E-state index in [9.17, 15) is 24.6 Å². The maximum atomic E-state index is 13.3. The number of ether oxygens (including phenoxy) is 5. The molecule has 2 N–H and O–H groups in total. The van der Waals surface area contributed by atoms with Crippen molar-refractivity contribution in [1.82, 2.24) is 0 Å². The van der Waals surface area contributed by atoms with Gasteiger partial charge in [-0.1, -0.05) is 83.9 Å². The first-order valence-corrected chi connectivity index (χ1v) is 26.8. The molecule has 1 spiro atoms. The number of rotatable bonds is 12. The van der Waals surface area contributed by atoms with E-state index in [1.54, 1.807) is 50.6 Å². The van der Waals surface area contributed by atoms with Gasteiger partial charge >= 0.3 is 11.9 Å². The second-order valence-corrected chi connectivity index (χ2v) is 20.7. The molecule has 408 valence electrons. The van der Waals surface area contributed by atoms with Crippen molar-refractivity contribution in [3.05, 3.63) is 241 Å². The Bertz CT molecular complexity index is 4370. The molecule has 13 rings (SSSR count). The molecule has 1 atom stereocenters. The highest BCUT2D eigenvalue weighted by Crippen LogP contribution is 2.55. The molecule has 2 aliphatic heterocycles. The van der Waals surface area contributed by atoms with Gasteiger partial charge in [0.25, 0.3) is 0 Å².